The van der Waals surface area contributed by atoms with Crippen molar-refractivity contribution >= 4 is 21.1 Å². The predicted molar refractivity (Wildman–Crippen MR) is 120 cm³/mol. The summed E-state index contributed by atoms with van der Waals surface area (Å²) in [5.74, 6) is 1.25. The molecule has 10 nitrogen and oxygen atoms in total. The zero-order chi connectivity index (χ0) is 22.8. The van der Waals surface area contributed by atoms with E-state index in [0.29, 0.717) is 42.1 Å². The average molecular weight is 469 g/mol. The van der Waals surface area contributed by atoms with Gasteiger partial charge in [0.25, 0.3) is 15.9 Å². The number of aromatic nitrogens is 4. The molecule has 0 bridgehead atoms. The topological polar surface area (TPSA) is 140 Å². The van der Waals surface area contributed by atoms with Crippen molar-refractivity contribution in [2.75, 3.05) is 6.54 Å². The molecule has 1 unspecified atom stereocenters. The van der Waals surface area contributed by atoms with Gasteiger partial charge in [-0.3, -0.25) is 0 Å². The molecule has 1 fully saturated rings. The lowest BCUT2D eigenvalue weighted by Crippen LogP contribution is -2.39. The zero-order valence-electron chi connectivity index (χ0n) is 17.8. The SMILES string of the molecule is NCc1ccc(OCc2nc(C3CCCCN3S(=O)(=O)c3nc4ccccc4[nH]3)no2)cc1. The van der Waals surface area contributed by atoms with E-state index in [9.17, 15) is 8.42 Å². The first-order chi connectivity index (χ1) is 16.0. The van der Waals surface area contributed by atoms with Gasteiger partial charge in [-0.2, -0.15) is 9.29 Å². The Balaban J connectivity index is 1.34. The zero-order valence-corrected chi connectivity index (χ0v) is 18.7. The first-order valence-corrected chi connectivity index (χ1v) is 12.2. The van der Waals surface area contributed by atoms with Crippen LogP contribution in [0, 0.1) is 0 Å². The molecular formula is C22H24N6O4S. The van der Waals surface area contributed by atoms with Gasteiger partial charge in [-0.25, -0.2) is 13.4 Å². The number of aromatic amines is 1. The maximum Gasteiger partial charge on any atom is 0.277 e. The molecular weight excluding hydrogens is 444 g/mol. The molecule has 1 aliphatic heterocycles. The third-order valence-corrected chi connectivity index (χ3v) is 7.41. The third-order valence-electron chi connectivity index (χ3n) is 5.68. The average Bonchev–Trinajstić information content (AvgIpc) is 3.51. The number of benzene rings is 2. The fourth-order valence-corrected chi connectivity index (χ4v) is 5.52. The number of H-pyrrole nitrogens is 1. The number of nitrogens with one attached hydrogen (secondary N) is 1. The largest absolute Gasteiger partial charge is 0.484 e. The van der Waals surface area contributed by atoms with Crippen molar-refractivity contribution in [3.8, 4) is 5.75 Å². The molecule has 0 radical (unpaired) electrons. The van der Waals surface area contributed by atoms with Crippen LogP contribution in [0.3, 0.4) is 0 Å². The van der Waals surface area contributed by atoms with Crippen molar-refractivity contribution in [3.05, 3.63) is 65.8 Å². The van der Waals surface area contributed by atoms with Crippen LogP contribution < -0.4 is 10.5 Å². The summed E-state index contributed by atoms with van der Waals surface area (Å²) in [6.45, 7) is 0.901. The molecule has 172 valence electrons. The highest BCUT2D eigenvalue weighted by Gasteiger charge is 2.38. The molecule has 33 heavy (non-hydrogen) atoms. The fourth-order valence-electron chi connectivity index (χ4n) is 3.94. The Hall–Kier alpha value is -3.28. The molecule has 1 atom stereocenters. The summed E-state index contributed by atoms with van der Waals surface area (Å²) in [6.07, 6.45) is 2.22. The summed E-state index contributed by atoms with van der Waals surface area (Å²) >= 11 is 0. The number of piperidine rings is 1. The van der Waals surface area contributed by atoms with Gasteiger partial charge >= 0.3 is 0 Å². The fraction of sp³-hybridized carbons (Fsp3) is 0.318. The Bertz CT molecular complexity index is 1320. The molecule has 0 amide bonds. The summed E-state index contributed by atoms with van der Waals surface area (Å²) in [6, 6.07) is 14.1. The van der Waals surface area contributed by atoms with Crippen LogP contribution in [0.5, 0.6) is 5.75 Å². The molecule has 11 heteroatoms. The molecule has 1 saturated heterocycles. The Morgan fingerprint density at radius 1 is 1.12 bits per heavy atom. The standard InChI is InChI=1S/C22H24N6O4S/c23-13-15-8-10-16(11-9-15)31-14-20-26-21(27-32-20)19-7-3-4-12-28(19)33(29,30)22-24-17-5-1-2-6-18(17)25-22/h1-2,5-6,8-11,19H,3-4,7,12-14,23H2,(H,24,25). The Morgan fingerprint density at radius 2 is 1.94 bits per heavy atom. The van der Waals surface area contributed by atoms with Gasteiger partial charge in [0.2, 0.25) is 5.16 Å². The number of hydrogen-bond donors (Lipinski definition) is 2. The van der Waals surface area contributed by atoms with Gasteiger partial charge in [0, 0.05) is 13.1 Å². The number of sulfonamides is 1. The Kier molecular flexibility index (Phi) is 5.83. The van der Waals surface area contributed by atoms with E-state index in [2.05, 4.69) is 20.1 Å². The van der Waals surface area contributed by atoms with Crippen LogP contribution in [0.25, 0.3) is 11.0 Å². The summed E-state index contributed by atoms with van der Waals surface area (Å²) in [5, 5.41) is 3.98. The monoisotopic (exact) mass is 468 g/mol. The second-order valence-electron chi connectivity index (χ2n) is 7.87. The van der Waals surface area contributed by atoms with Crippen molar-refractivity contribution in [2.45, 2.75) is 43.6 Å². The molecule has 0 saturated carbocycles. The number of hydrogen-bond acceptors (Lipinski definition) is 8. The van der Waals surface area contributed by atoms with E-state index in [4.69, 9.17) is 15.0 Å². The van der Waals surface area contributed by atoms with Crippen LogP contribution in [0.1, 0.15) is 42.6 Å². The van der Waals surface area contributed by atoms with Crippen LogP contribution in [-0.4, -0.2) is 39.4 Å². The van der Waals surface area contributed by atoms with E-state index in [1.807, 2.05) is 36.4 Å². The maximum absolute atomic E-state index is 13.4. The minimum atomic E-state index is -3.87. The number of nitrogens with two attached hydrogens (primary N) is 1. The number of rotatable bonds is 7. The van der Waals surface area contributed by atoms with E-state index in [-0.39, 0.29) is 17.7 Å². The second-order valence-corrected chi connectivity index (χ2v) is 9.68. The number of fused-ring (bicyclic) bond motifs is 1. The summed E-state index contributed by atoms with van der Waals surface area (Å²) in [5.41, 5.74) is 7.88. The molecule has 2 aromatic heterocycles. The van der Waals surface area contributed by atoms with E-state index >= 15 is 0 Å². The van der Waals surface area contributed by atoms with Crippen LogP contribution in [0.4, 0.5) is 0 Å². The van der Waals surface area contributed by atoms with Crippen molar-refractivity contribution in [1.82, 2.24) is 24.4 Å². The van der Waals surface area contributed by atoms with Crippen molar-refractivity contribution in [3.63, 3.8) is 0 Å². The van der Waals surface area contributed by atoms with Gasteiger partial charge in [0.15, 0.2) is 12.4 Å². The Labute approximate surface area is 190 Å². The van der Waals surface area contributed by atoms with E-state index < -0.39 is 16.1 Å². The van der Waals surface area contributed by atoms with Gasteiger partial charge in [-0.05, 0) is 42.7 Å². The lowest BCUT2D eigenvalue weighted by atomic mass is 10.0. The highest BCUT2D eigenvalue weighted by Crippen LogP contribution is 2.34. The van der Waals surface area contributed by atoms with Crippen LogP contribution in [0.2, 0.25) is 0 Å². The summed E-state index contributed by atoms with van der Waals surface area (Å²) in [4.78, 5) is 11.6. The lowest BCUT2D eigenvalue weighted by molar-refractivity contribution is 0.231. The minimum absolute atomic E-state index is 0.0800. The van der Waals surface area contributed by atoms with Crippen molar-refractivity contribution in [2.24, 2.45) is 5.73 Å². The van der Waals surface area contributed by atoms with Crippen LogP contribution in [0.15, 0.2) is 58.2 Å². The molecule has 3 heterocycles. The van der Waals surface area contributed by atoms with Gasteiger partial charge in [-0.15, -0.1) is 0 Å². The van der Waals surface area contributed by atoms with E-state index in [1.165, 1.54) is 4.31 Å². The van der Waals surface area contributed by atoms with Gasteiger partial charge < -0.3 is 20.0 Å². The maximum atomic E-state index is 13.4. The van der Waals surface area contributed by atoms with Crippen molar-refractivity contribution < 1.29 is 17.7 Å². The van der Waals surface area contributed by atoms with Crippen LogP contribution in [-0.2, 0) is 23.2 Å². The summed E-state index contributed by atoms with van der Waals surface area (Å²) < 4.78 is 39.3. The molecule has 0 aliphatic carbocycles. The van der Waals surface area contributed by atoms with Crippen LogP contribution >= 0.6 is 0 Å². The quantitative estimate of drug-likeness (QED) is 0.422. The van der Waals surface area contributed by atoms with E-state index in [1.54, 1.807) is 12.1 Å². The van der Waals surface area contributed by atoms with Gasteiger partial charge in [0.05, 0.1) is 17.1 Å². The molecule has 4 aromatic rings. The number of ether oxygens (including phenoxy) is 1. The van der Waals surface area contributed by atoms with Gasteiger partial charge in [-0.1, -0.05) is 35.8 Å². The second kappa shape index (κ2) is 8.93. The predicted octanol–water partition coefficient (Wildman–Crippen LogP) is 2.90. The minimum Gasteiger partial charge on any atom is -0.484 e. The van der Waals surface area contributed by atoms with Gasteiger partial charge in [0.1, 0.15) is 5.75 Å². The number of imidazole rings is 1. The third kappa shape index (κ3) is 4.34. The first kappa shape index (κ1) is 21.6. The highest BCUT2D eigenvalue weighted by molar-refractivity contribution is 7.89. The molecule has 0 spiro atoms. The number of para-hydroxylation sites is 2. The Morgan fingerprint density at radius 3 is 2.73 bits per heavy atom. The molecule has 3 N–H and O–H groups in total. The normalized spacial score (nSPS) is 17.4. The number of nitrogens with zero attached hydrogens (tertiary/aromatic N) is 4. The molecule has 2 aromatic carbocycles. The molecule has 1 aliphatic rings. The highest BCUT2D eigenvalue weighted by atomic mass is 32.2. The summed E-state index contributed by atoms with van der Waals surface area (Å²) in [7, 11) is -3.87. The van der Waals surface area contributed by atoms with Crippen molar-refractivity contribution in [1.29, 1.82) is 0 Å². The lowest BCUT2D eigenvalue weighted by Gasteiger charge is -2.31. The first-order valence-electron chi connectivity index (χ1n) is 10.8. The van der Waals surface area contributed by atoms with E-state index in [0.717, 1.165) is 18.4 Å². The smallest absolute Gasteiger partial charge is 0.277 e. The molecule has 5 rings (SSSR count).